The van der Waals surface area contributed by atoms with E-state index in [0.29, 0.717) is 6.07 Å². The Morgan fingerprint density at radius 3 is 2.38 bits per heavy atom. The van der Waals surface area contributed by atoms with E-state index in [1.807, 2.05) is 0 Å². The Morgan fingerprint density at radius 2 is 1.75 bits per heavy atom. The molecule has 0 unspecified atom stereocenters. The van der Waals surface area contributed by atoms with Crippen molar-refractivity contribution in [3.8, 4) is 11.5 Å². The van der Waals surface area contributed by atoms with Crippen molar-refractivity contribution in [3.63, 3.8) is 0 Å². The molecule has 3 aromatic rings. The number of ether oxygens (including phenoxy) is 1. The van der Waals surface area contributed by atoms with Crippen LogP contribution >= 0.6 is 0 Å². The van der Waals surface area contributed by atoms with Gasteiger partial charge in [0.25, 0.3) is 5.91 Å². The van der Waals surface area contributed by atoms with Gasteiger partial charge in [-0.2, -0.15) is 0 Å². The molecule has 0 aliphatic rings. The van der Waals surface area contributed by atoms with E-state index < -0.39 is 27.4 Å². The van der Waals surface area contributed by atoms with Crippen LogP contribution in [0.5, 0.6) is 11.5 Å². The number of carbonyl (C=O) groups excluding carboxylic acids is 1. The van der Waals surface area contributed by atoms with Crippen LogP contribution in [-0.2, 0) is 9.84 Å². The van der Waals surface area contributed by atoms with Crippen LogP contribution < -0.4 is 4.74 Å². The number of carbonyl (C=O) groups is 1. The van der Waals surface area contributed by atoms with Gasteiger partial charge in [0, 0.05) is 43.8 Å². The highest BCUT2D eigenvalue weighted by molar-refractivity contribution is 7.90. The number of hydrogen-bond donors (Lipinski definition) is 0. The summed E-state index contributed by atoms with van der Waals surface area (Å²) < 4.78 is 57.3. The van der Waals surface area contributed by atoms with E-state index in [9.17, 15) is 22.0 Å². The lowest BCUT2D eigenvalue weighted by molar-refractivity contribution is 0.0826. The minimum atomic E-state index is -3.61. The maximum absolute atomic E-state index is 14.2. The topological polar surface area (TPSA) is 89.5 Å². The van der Waals surface area contributed by atoms with Crippen LogP contribution in [0.15, 0.2) is 60.4 Å². The highest BCUT2D eigenvalue weighted by atomic mass is 32.2. The maximum atomic E-state index is 14.2. The van der Waals surface area contributed by atoms with Gasteiger partial charge in [0.05, 0.1) is 16.2 Å². The molecule has 0 aliphatic carbocycles. The molecule has 1 aromatic heterocycles. The second-order valence-corrected chi connectivity index (χ2v) is 9.09. The second kappa shape index (κ2) is 8.83. The number of benzene rings is 2. The first kappa shape index (κ1) is 23.0. The summed E-state index contributed by atoms with van der Waals surface area (Å²) in [5, 5.41) is 0. The zero-order chi connectivity index (χ0) is 23.6. The minimum Gasteiger partial charge on any atom is -0.454 e. The SMILES string of the molecule is C=C(c1cc(S(C)(=O)=O)ccc1Oc1ccc(F)cc1F)c1ncncc1C(=O)N(C)C. The number of amides is 1. The zero-order valence-corrected chi connectivity index (χ0v) is 18.3. The summed E-state index contributed by atoms with van der Waals surface area (Å²) in [4.78, 5) is 21.9. The summed E-state index contributed by atoms with van der Waals surface area (Å²) in [6.07, 6.45) is 3.56. The van der Waals surface area contributed by atoms with Crippen molar-refractivity contribution in [2.45, 2.75) is 4.90 Å². The largest absolute Gasteiger partial charge is 0.454 e. The first-order valence-corrected chi connectivity index (χ1v) is 11.1. The van der Waals surface area contributed by atoms with Gasteiger partial charge in [-0.1, -0.05) is 6.58 Å². The molecule has 1 amide bonds. The Labute approximate surface area is 183 Å². The number of halogens is 2. The van der Waals surface area contributed by atoms with Crippen molar-refractivity contribution in [2.24, 2.45) is 0 Å². The molecule has 0 saturated heterocycles. The molecule has 3 rings (SSSR count). The maximum Gasteiger partial charge on any atom is 0.257 e. The average Bonchev–Trinajstić information content (AvgIpc) is 2.74. The molecule has 0 spiro atoms. The summed E-state index contributed by atoms with van der Waals surface area (Å²) in [6.45, 7) is 3.97. The fraction of sp³-hybridized carbons (Fsp3) is 0.136. The fourth-order valence-corrected chi connectivity index (χ4v) is 3.48. The number of nitrogens with zero attached hydrogens (tertiary/aromatic N) is 3. The molecule has 0 radical (unpaired) electrons. The van der Waals surface area contributed by atoms with Gasteiger partial charge in [-0.05, 0) is 30.3 Å². The Morgan fingerprint density at radius 1 is 1.06 bits per heavy atom. The summed E-state index contributed by atoms with van der Waals surface area (Å²) in [7, 11) is -0.505. The predicted octanol–water partition coefficient (Wildman–Crippen LogP) is 3.71. The first-order chi connectivity index (χ1) is 15.0. The Kier molecular flexibility index (Phi) is 6.35. The molecule has 0 aliphatic heterocycles. The first-order valence-electron chi connectivity index (χ1n) is 9.17. The standard InChI is InChI=1S/C22H19F2N3O4S/c1-13(21-17(11-25-12-26-21)22(28)27(2)3)16-10-15(32(4,29)30)6-8-19(16)31-20-7-5-14(23)9-18(20)24/h5-12H,1H2,2-4H3. The van der Waals surface area contributed by atoms with E-state index >= 15 is 0 Å². The minimum absolute atomic E-state index is 0.0368. The van der Waals surface area contributed by atoms with Gasteiger partial charge in [0.1, 0.15) is 17.9 Å². The lowest BCUT2D eigenvalue weighted by atomic mass is 9.99. The van der Waals surface area contributed by atoms with Crippen molar-refractivity contribution in [2.75, 3.05) is 20.4 Å². The van der Waals surface area contributed by atoms with E-state index in [0.717, 1.165) is 18.4 Å². The number of aromatic nitrogens is 2. The van der Waals surface area contributed by atoms with Crippen LogP contribution in [0.4, 0.5) is 8.78 Å². The van der Waals surface area contributed by atoms with Crippen LogP contribution in [-0.4, -0.2) is 49.5 Å². The fourth-order valence-electron chi connectivity index (χ4n) is 2.84. The molecule has 0 saturated carbocycles. The van der Waals surface area contributed by atoms with Crippen molar-refractivity contribution in [3.05, 3.63) is 84.0 Å². The molecular weight excluding hydrogens is 440 g/mol. The third-order valence-corrected chi connectivity index (χ3v) is 5.56. The van der Waals surface area contributed by atoms with Crippen LogP contribution in [0, 0.1) is 11.6 Å². The monoisotopic (exact) mass is 459 g/mol. The molecule has 0 N–H and O–H groups in total. The number of rotatable bonds is 6. The molecule has 0 atom stereocenters. The summed E-state index contributed by atoms with van der Waals surface area (Å²) in [5.74, 6) is -2.36. The van der Waals surface area contributed by atoms with E-state index in [1.54, 1.807) is 14.1 Å². The van der Waals surface area contributed by atoms with Crippen molar-refractivity contribution >= 4 is 21.3 Å². The van der Waals surface area contributed by atoms with E-state index in [-0.39, 0.29) is 38.8 Å². The van der Waals surface area contributed by atoms with Gasteiger partial charge in [-0.25, -0.2) is 27.2 Å². The van der Waals surface area contributed by atoms with E-state index in [4.69, 9.17) is 4.74 Å². The molecule has 2 aromatic carbocycles. The Balaban J connectivity index is 2.18. The molecule has 0 fully saturated rings. The average molecular weight is 459 g/mol. The summed E-state index contributed by atoms with van der Waals surface area (Å²) >= 11 is 0. The van der Waals surface area contributed by atoms with Gasteiger partial charge in [-0.15, -0.1) is 0 Å². The van der Waals surface area contributed by atoms with Crippen molar-refractivity contribution in [1.29, 1.82) is 0 Å². The van der Waals surface area contributed by atoms with Gasteiger partial charge in [-0.3, -0.25) is 4.79 Å². The number of hydrogen-bond acceptors (Lipinski definition) is 6. The summed E-state index contributed by atoms with van der Waals surface area (Å²) in [6, 6.07) is 6.69. The second-order valence-electron chi connectivity index (χ2n) is 7.07. The van der Waals surface area contributed by atoms with Gasteiger partial charge in [0.2, 0.25) is 0 Å². The number of sulfone groups is 1. The van der Waals surface area contributed by atoms with Crippen molar-refractivity contribution in [1.82, 2.24) is 14.9 Å². The van der Waals surface area contributed by atoms with Crippen molar-refractivity contribution < 1.29 is 26.7 Å². The highest BCUT2D eigenvalue weighted by Gasteiger charge is 2.22. The lowest BCUT2D eigenvalue weighted by Gasteiger charge is -2.17. The smallest absolute Gasteiger partial charge is 0.257 e. The third kappa shape index (κ3) is 4.80. The summed E-state index contributed by atoms with van der Waals surface area (Å²) in [5.41, 5.74) is 0.587. The normalized spacial score (nSPS) is 11.2. The predicted molar refractivity (Wildman–Crippen MR) is 114 cm³/mol. The van der Waals surface area contributed by atoms with Gasteiger partial charge < -0.3 is 9.64 Å². The quantitative estimate of drug-likeness (QED) is 0.558. The van der Waals surface area contributed by atoms with Crippen LogP contribution in [0.2, 0.25) is 0 Å². The van der Waals surface area contributed by atoms with Gasteiger partial charge in [0.15, 0.2) is 21.4 Å². The van der Waals surface area contributed by atoms with Crippen LogP contribution in [0.25, 0.3) is 5.57 Å². The Bertz CT molecular complexity index is 1320. The van der Waals surface area contributed by atoms with Crippen LogP contribution in [0.3, 0.4) is 0 Å². The molecule has 32 heavy (non-hydrogen) atoms. The lowest BCUT2D eigenvalue weighted by Crippen LogP contribution is -2.23. The highest BCUT2D eigenvalue weighted by Crippen LogP contribution is 2.36. The van der Waals surface area contributed by atoms with Crippen LogP contribution in [0.1, 0.15) is 21.6 Å². The molecule has 0 bridgehead atoms. The molecule has 7 nitrogen and oxygen atoms in total. The molecule has 10 heteroatoms. The van der Waals surface area contributed by atoms with Gasteiger partial charge >= 0.3 is 0 Å². The Hall–Kier alpha value is -3.66. The molecule has 166 valence electrons. The zero-order valence-electron chi connectivity index (χ0n) is 17.5. The molecule has 1 heterocycles. The van der Waals surface area contributed by atoms with E-state index in [2.05, 4.69) is 16.5 Å². The van der Waals surface area contributed by atoms with E-state index in [1.165, 1.54) is 35.6 Å². The molecular formula is C22H19F2N3O4S. The third-order valence-electron chi connectivity index (χ3n) is 4.45.